The number of hydrogen-bond donors (Lipinski definition) is 0. The van der Waals surface area contributed by atoms with Gasteiger partial charge in [-0.3, -0.25) is 0 Å². The number of hydrogen-bond acceptors (Lipinski definition) is 7. The Morgan fingerprint density at radius 1 is 1.03 bits per heavy atom. The smallest absolute Gasteiger partial charge is 0.342 e. The Morgan fingerprint density at radius 2 is 1.72 bits per heavy atom. The van der Waals surface area contributed by atoms with Gasteiger partial charge in [-0.15, -0.1) is 0 Å². The second-order valence-electron chi connectivity index (χ2n) is 6.55. The first-order valence-electron chi connectivity index (χ1n) is 9.17. The van der Waals surface area contributed by atoms with E-state index >= 15 is 0 Å². The summed E-state index contributed by atoms with van der Waals surface area (Å²) < 4.78 is 15.6. The zero-order valence-corrected chi connectivity index (χ0v) is 16.7. The van der Waals surface area contributed by atoms with E-state index in [-0.39, 0.29) is 30.1 Å². The molecule has 3 aromatic rings. The molecular formula is C22H21NO6. The highest BCUT2D eigenvalue weighted by molar-refractivity contribution is 5.98. The van der Waals surface area contributed by atoms with Crippen molar-refractivity contribution in [1.82, 2.24) is 4.98 Å². The fourth-order valence-corrected chi connectivity index (χ4v) is 3.29. The number of benzene rings is 1. The minimum absolute atomic E-state index is 0.174. The molecule has 29 heavy (non-hydrogen) atoms. The molecule has 3 rings (SSSR count). The number of esters is 2. The van der Waals surface area contributed by atoms with Gasteiger partial charge in [-0.2, -0.15) is 0 Å². The van der Waals surface area contributed by atoms with Gasteiger partial charge in [0.25, 0.3) is 0 Å². The summed E-state index contributed by atoms with van der Waals surface area (Å²) in [5, 5.41) is 0.821. The molecule has 7 heteroatoms. The van der Waals surface area contributed by atoms with E-state index in [2.05, 4.69) is 4.98 Å². The Bertz CT molecular complexity index is 1140. The zero-order valence-electron chi connectivity index (χ0n) is 16.7. The number of rotatable bonds is 5. The Kier molecular flexibility index (Phi) is 5.77. The second kappa shape index (κ2) is 8.26. The van der Waals surface area contributed by atoms with Crippen LogP contribution in [0, 0.1) is 20.8 Å². The molecule has 0 amide bonds. The predicted octanol–water partition coefficient (Wildman–Crippen LogP) is 3.65. The molecule has 2 heterocycles. The van der Waals surface area contributed by atoms with Crippen LogP contribution in [0.5, 0.6) is 0 Å². The van der Waals surface area contributed by atoms with E-state index in [1.165, 1.54) is 13.0 Å². The van der Waals surface area contributed by atoms with Crippen LogP contribution in [0.25, 0.3) is 10.9 Å². The molecule has 0 saturated heterocycles. The Labute approximate surface area is 167 Å². The summed E-state index contributed by atoms with van der Waals surface area (Å²) in [6.45, 7) is 6.66. The van der Waals surface area contributed by atoms with Gasteiger partial charge in [0.1, 0.15) is 17.9 Å². The summed E-state index contributed by atoms with van der Waals surface area (Å²) in [5.74, 6) is -1.01. The Morgan fingerprint density at radius 3 is 2.41 bits per heavy atom. The monoisotopic (exact) mass is 395 g/mol. The van der Waals surface area contributed by atoms with Gasteiger partial charge in [-0.1, -0.05) is 18.2 Å². The van der Waals surface area contributed by atoms with Gasteiger partial charge in [-0.25, -0.2) is 19.4 Å². The highest BCUT2D eigenvalue weighted by Crippen LogP contribution is 2.25. The first-order chi connectivity index (χ1) is 13.8. The lowest BCUT2D eigenvalue weighted by atomic mass is 10.0. The van der Waals surface area contributed by atoms with Crippen LogP contribution in [0.15, 0.2) is 39.5 Å². The molecule has 0 unspecified atom stereocenters. The number of nitrogens with zero attached hydrogens (tertiary/aromatic N) is 1. The third-order valence-electron chi connectivity index (χ3n) is 4.59. The van der Waals surface area contributed by atoms with E-state index in [0.29, 0.717) is 22.3 Å². The van der Waals surface area contributed by atoms with Crippen molar-refractivity contribution < 1.29 is 23.5 Å². The van der Waals surface area contributed by atoms with Gasteiger partial charge in [0, 0.05) is 11.5 Å². The number of carbonyl (C=O) groups excluding carboxylic acids is 2. The first kappa shape index (κ1) is 20.3. The average Bonchev–Trinajstić information content (AvgIpc) is 2.65. The first-order valence-corrected chi connectivity index (χ1v) is 9.17. The van der Waals surface area contributed by atoms with Crippen molar-refractivity contribution in [3.63, 3.8) is 0 Å². The van der Waals surface area contributed by atoms with Gasteiger partial charge < -0.3 is 13.9 Å². The van der Waals surface area contributed by atoms with Crippen molar-refractivity contribution in [3.05, 3.63) is 74.5 Å². The van der Waals surface area contributed by atoms with Crippen LogP contribution >= 0.6 is 0 Å². The third-order valence-corrected chi connectivity index (χ3v) is 4.59. The Hall–Kier alpha value is -3.48. The molecule has 0 aliphatic carbocycles. The fraction of sp³-hybridized carbons (Fsp3) is 0.273. The topological polar surface area (TPSA) is 95.7 Å². The van der Waals surface area contributed by atoms with Crippen LogP contribution in [-0.2, 0) is 16.1 Å². The number of para-hydroxylation sites is 1. The van der Waals surface area contributed by atoms with E-state index < -0.39 is 17.6 Å². The molecule has 7 nitrogen and oxygen atoms in total. The largest absolute Gasteiger partial charge is 0.462 e. The van der Waals surface area contributed by atoms with Crippen molar-refractivity contribution in [2.24, 2.45) is 0 Å². The van der Waals surface area contributed by atoms with Crippen molar-refractivity contribution in [2.75, 3.05) is 6.61 Å². The third kappa shape index (κ3) is 4.03. The highest BCUT2D eigenvalue weighted by atomic mass is 16.5. The van der Waals surface area contributed by atoms with Crippen LogP contribution in [-0.4, -0.2) is 23.5 Å². The van der Waals surface area contributed by atoms with E-state index in [0.717, 1.165) is 5.39 Å². The average molecular weight is 395 g/mol. The number of fused-ring (bicyclic) bond motifs is 1. The molecule has 0 fully saturated rings. The summed E-state index contributed by atoms with van der Waals surface area (Å²) in [5.41, 5.74) is 2.08. The minimum atomic E-state index is -0.661. The van der Waals surface area contributed by atoms with Gasteiger partial charge in [0.15, 0.2) is 0 Å². The SMILES string of the molecule is CCOC(=O)c1c(COC(=O)c2c(C)cc(=O)oc2C)nc2ccccc2c1C. The molecule has 0 N–H and O–H groups in total. The number of carbonyl (C=O) groups is 2. The molecule has 1 aromatic carbocycles. The molecular weight excluding hydrogens is 374 g/mol. The molecule has 0 spiro atoms. The van der Waals surface area contributed by atoms with Crippen LogP contribution in [0.2, 0.25) is 0 Å². The van der Waals surface area contributed by atoms with E-state index in [4.69, 9.17) is 13.9 Å². The van der Waals surface area contributed by atoms with Gasteiger partial charge >= 0.3 is 17.6 Å². The van der Waals surface area contributed by atoms with E-state index in [9.17, 15) is 14.4 Å². The lowest BCUT2D eigenvalue weighted by Gasteiger charge is -2.14. The van der Waals surface area contributed by atoms with Crippen LogP contribution < -0.4 is 5.63 Å². The quantitative estimate of drug-likeness (QED) is 0.609. The minimum Gasteiger partial charge on any atom is -0.462 e. The molecule has 0 radical (unpaired) electrons. The number of ether oxygens (including phenoxy) is 2. The van der Waals surface area contributed by atoms with Crippen LogP contribution in [0.3, 0.4) is 0 Å². The normalized spacial score (nSPS) is 10.8. The maximum absolute atomic E-state index is 12.6. The molecule has 150 valence electrons. The lowest BCUT2D eigenvalue weighted by Crippen LogP contribution is -2.16. The van der Waals surface area contributed by atoms with Crippen molar-refractivity contribution in [1.29, 1.82) is 0 Å². The molecule has 0 saturated carbocycles. The number of aromatic nitrogens is 1. The van der Waals surface area contributed by atoms with Crippen molar-refractivity contribution >= 4 is 22.8 Å². The standard InChI is InChI=1S/C22H21NO6/c1-5-27-22(26)20-13(3)15-8-6-7-9-16(15)23-17(20)11-28-21(25)19-12(2)10-18(24)29-14(19)4/h6-10H,5,11H2,1-4H3. The summed E-state index contributed by atoms with van der Waals surface area (Å²) in [7, 11) is 0. The summed E-state index contributed by atoms with van der Waals surface area (Å²) in [6, 6.07) is 8.62. The zero-order chi connectivity index (χ0) is 21.1. The summed E-state index contributed by atoms with van der Waals surface area (Å²) >= 11 is 0. The molecule has 0 atom stereocenters. The van der Waals surface area contributed by atoms with Gasteiger partial charge in [0.05, 0.1) is 23.4 Å². The van der Waals surface area contributed by atoms with Crippen LogP contribution in [0.1, 0.15) is 50.2 Å². The molecule has 0 aliphatic heterocycles. The molecule has 2 aromatic heterocycles. The molecule has 0 aliphatic rings. The molecule has 0 bridgehead atoms. The predicted molar refractivity (Wildman–Crippen MR) is 106 cm³/mol. The van der Waals surface area contributed by atoms with Crippen molar-refractivity contribution in [2.45, 2.75) is 34.3 Å². The second-order valence-corrected chi connectivity index (χ2v) is 6.55. The van der Waals surface area contributed by atoms with Crippen LogP contribution in [0.4, 0.5) is 0 Å². The Balaban J connectivity index is 1.99. The van der Waals surface area contributed by atoms with E-state index in [1.54, 1.807) is 13.8 Å². The summed E-state index contributed by atoms with van der Waals surface area (Å²) in [6.07, 6.45) is 0. The fourth-order valence-electron chi connectivity index (χ4n) is 3.29. The summed E-state index contributed by atoms with van der Waals surface area (Å²) in [4.78, 5) is 41.1. The number of pyridine rings is 1. The maximum Gasteiger partial charge on any atom is 0.342 e. The van der Waals surface area contributed by atoms with E-state index in [1.807, 2.05) is 31.2 Å². The lowest BCUT2D eigenvalue weighted by molar-refractivity contribution is 0.0440. The number of aryl methyl sites for hydroxylation is 3. The highest BCUT2D eigenvalue weighted by Gasteiger charge is 2.22. The van der Waals surface area contributed by atoms with Gasteiger partial charge in [0.2, 0.25) is 0 Å². The van der Waals surface area contributed by atoms with Gasteiger partial charge in [-0.05, 0) is 44.9 Å². The maximum atomic E-state index is 12.6. The van der Waals surface area contributed by atoms with Crippen molar-refractivity contribution in [3.8, 4) is 0 Å².